The highest BCUT2D eigenvalue weighted by Gasteiger charge is 2.45. The topological polar surface area (TPSA) is 54.9 Å². The molecule has 24 heavy (non-hydrogen) atoms. The first-order valence-electron chi connectivity index (χ1n) is 8.34. The van der Waals surface area contributed by atoms with Crippen molar-refractivity contribution in [3.63, 3.8) is 0 Å². The van der Waals surface area contributed by atoms with Crippen molar-refractivity contribution in [3.8, 4) is 0 Å². The van der Waals surface area contributed by atoms with E-state index in [2.05, 4.69) is 15.3 Å². The van der Waals surface area contributed by atoms with Crippen molar-refractivity contribution in [2.75, 3.05) is 5.32 Å². The van der Waals surface area contributed by atoms with Gasteiger partial charge in [-0.2, -0.15) is 0 Å². The molecule has 1 heterocycles. The molecule has 0 unspecified atom stereocenters. The van der Waals surface area contributed by atoms with E-state index in [1.807, 2.05) is 26.8 Å². The van der Waals surface area contributed by atoms with Gasteiger partial charge in [0.25, 0.3) is 0 Å². The van der Waals surface area contributed by atoms with E-state index >= 15 is 0 Å². The van der Waals surface area contributed by atoms with Gasteiger partial charge >= 0.3 is 0 Å². The average molecular weight is 327 g/mol. The number of rotatable bonds is 4. The molecule has 0 atom stereocenters. The van der Waals surface area contributed by atoms with Gasteiger partial charge in [-0.3, -0.25) is 4.79 Å². The lowest BCUT2D eigenvalue weighted by Gasteiger charge is -2.40. The predicted octanol–water partition coefficient (Wildman–Crippen LogP) is 4.11. The molecule has 1 saturated carbocycles. The minimum atomic E-state index is -0.654. The van der Waals surface area contributed by atoms with Crippen LogP contribution in [0.3, 0.4) is 0 Å². The molecule has 1 aliphatic rings. The van der Waals surface area contributed by atoms with Gasteiger partial charge in [0.1, 0.15) is 17.5 Å². The van der Waals surface area contributed by atoms with Crippen molar-refractivity contribution < 1.29 is 9.18 Å². The SMILES string of the molecule is Cc1cc(NC(=O)C2(c3cccc(F)c3)CCC2)nc(C(C)C)n1. The predicted molar refractivity (Wildman–Crippen MR) is 91.4 cm³/mol. The van der Waals surface area contributed by atoms with Crippen LogP contribution >= 0.6 is 0 Å². The Kier molecular flexibility index (Phi) is 4.35. The molecule has 0 saturated heterocycles. The smallest absolute Gasteiger partial charge is 0.236 e. The summed E-state index contributed by atoms with van der Waals surface area (Å²) in [6.45, 7) is 5.91. The van der Waals surface area contributed by atoms with Gasteiger partial charge < -0.3 is 5.32 Å². The van der Waals surface area contributed by atoms with E-state index in [-0.39, 0.29) is 17.6 Å². The zero-order valence-corrected chi connectivity index (χ0v) is 14.3. The summed E-state index contributed by atoms with van der Waals surface area (Å²) in [5.74, 6) is 0.970. The molecule has 0 spiro atoms. The Bertz CT molecular complexity index is 769. The normalized spacial score (nSPS) is 15.9. The standard InChI is InChI=1S/C19H22FN3O/c1-12(2)17-21-13(3)10-16(22-17)23-18(24)19(8-5-9-19)14-6-4-7-15(20)11-14/h4,6-7,10-12H,5,8-9H2,1-3H3,(H,21,22,23,24). The number of halogens is 1. The molecule has 1 amide bonds. The van der Waals surface area contributed by atoms with Crippen molar-refractivity contribution in [3.05, 3.63) is 53.2 Å². The number of carbonyl (C=O) groups is 1. The molecule has 2 aromatic rings. The zero-order valence-electron chi connectivity index (χ0n) is 14.3. The molecule has 1 fully saturated rings. The van der Waals surface area contributed by atoms with Crippen molar-refractivity contribution in [1.82, 2.24) is 9.97 Å². The van der Waals surface area contributed by atoms with Crippen LogP contribution in [0.15, 0.2) is 30.3 Å². The van der Waals surface area contributed by atoms with Gasteiger partial charge in [0.05, 0.1) is 5.41 Å². The molecule has 0 radical (unpaired) electrons. The summed E-state index contributed by atoms with van der Waals surface area (Å²) < 4.78 is 13.6. The first-order chi connectivity index (χ1) is 11.4. The highest BCUT2D eigenvalue weighted by Crippen LogP contribution is 2.44. The Hall–Kier alpha value is -2.30. The van der Waals surface area contributed by atoms with Crippen LogP contribution in [-0.2, 0) is 10.2 Å². The van der Waals surface area contributed by atoms with Gasteiger partial charge in [-0.1, -0.05) is 32.4 Å². The van der Waals surface area contributed by atoms with Crippen LogP contribution in [0, 0.1) is 12.7 Å². The van der Waals surface area contributed by atoms with Gasteiger partial charge in [-0.15, -0.1) is 0 Å². The fraction of sp³-hybridized carbons (Fsp3) is 0.421. The lowest BCUT2D eigenvalue weighted by molar-refractivity contribution is -0.124. The maximum absolute atomic E-state index is 13.6. The van der Waals surface area contributed by atoms with E-state index in [9.17, 15) is 9.18 Å². The van der Waals surface area contributed by atoms with E-state index in [0.29, 0.717) is 11.6 Å². The van der Waals surface area contributed by atoms with E-state index in [4.69, 9.17) is 0 Å². The van der Waals surface area contributed by atoms with Crippen LogP contribution < -0.4 is 5.32 Å². The number of hydrogen-bond acceptors (Lipinski definition) is 3. The van der Waals surface area contributed by atoms with E-state index in [1.54, 1.807) is 12.1 Å². The zero-order chi connectivity index (χ0) is 17.3. The Balaban J connectivity index is 1.88. The van der Waals surface area contributed by atoms with Crippen molar-refractivity contribution in [1.29, 1.82) is 0 Å². The van der Waals surface area contributed by atoms with Crippen molar-refractivity contribution in [2.24, 2.45) is 0 Å². The largest absolute Gasteiger partial charge is 0.310 e. The third kappa shape index (κ3) is 3.03. The highest BCUT2D eigenvalue weighted by molar-refractivity contribution is 5.99. The third-order valence-electron chi connectivity index (χ3n) is 4.65. The first-order valence-corrected chi connectivity index (χ1v) is 8.34. The Morgan fingerprint density at radius 1 is 1.25 bits per heavy atom. The summed E-state index contributed by atoms with van der Waals surface area (Å²) in [7, 11) is 0. The Morgan fingerprint density at radius 3 is 2.58 bits per heavy atom. The van der Waals surface area contributed by atoms with Crippen LogP contribution in [0.4, 0.5) is 10.2 Å². The second-order valence-corrected chi connectivity index (χ2v) is 6.81. The number of carbonyl (C=O) groups excluding carboxylic acids is 1. The summed E-state index contributed by atoms with van der Waals surface area (Å²) in [5, 5.41) is 2.93. The van der Waals surface area contributed by atoms with Crippen molar-refractivity contribution in [2.45, 2.75) is 51.4 Å². The number of aromatic nitrogens is 2. The second-order valence-electron chi connectivity index (χ2n) is 6.81. The number of aryl methyl sites for hydroxylation is 1. The van der Waals surface area contributed by atoms with Crippen LogP contribution in [0.25, 0.3) is 0 Å². The quantitative estimate of drug-likeness (QED) is 0.919. The molecule has 5 heteroatoms. The monoisotopic (exact) mass is 327 g/mol. The number of amides is 1. The summed E-state index contributed by atoms with van der Waals surface area (Å²) >= 11 is 0. The summed E-state index contributed by atoms with van der Waals surface area (Å²) in [6, 6.07) is 8.11. The maximum Gasteiger partial charge on any atom is 0.236 e. The molecule has 0 aliphatic heterocycles. The Labute approximate surface area is 141 Å². The van der Waals surface area contributed by atoms with E-state index < -0.39 is 5.41 Å². The highest BCUT2D eigenvalue weighted by atomic mass is 19.1. The lowest BCUT2D eigenvalue weighted by atomic mass is 9.64. The number of nitrogens with zero attached hydrogens (tertiary/aromatic N) is 2. The summed E-state index contributed by atoms with van der Waals surface area (Å²) in [6.07, 6.45) is 2.41. The molecular weight excluding hydrogens is 305 g/mol. The molecule has 1 aliphatic carbocycles. The van der Waals surface area contributed by atoms with Crippen LogP contribution in [0.5, 0.6) is 0 Å². The Morgan fingerprint density at radius 2 is 2.00 bits per heavy atom. The molecular formula is C19H22FN3O. The molecule has 1 aromatic heterocycles. The molecule has 0 bridgehead atoms. The van der Waals surface area contributed by atoms with Gasteiger partial charge in [-0.05, 0) is 37.5 Å². The average Bonchev–Trinajstić information content (AvgIpc) is 2.45. The fourth-order valence-corrected chi connectivity index (χ4v) is 3.11. The number of hydrogen-bond donors (Lipinski definition) is 1. The van der Waals surface area contributed by atoms with Gasteiger partial charge in [0.2, 0.25) is 5.91 Å². The summed E-state index contributed by atoms with van der Waals surface area (Å²) in [4.78, 5) is 21.8. The number of anilines is 1. The molecule has 4 nitrogen and oxygen atoms in total. The van der Waals surface area contributed by atoms with Crippen LogP contribution in [0.1, 0.15) is 56.1 Å². The van der Waals surface area contributed by atoms with Crippen molar-refractivity contribution >= 4 is 11.7 Å². The molecule has 126 valence electrons. The number of nitrogens with one attached hydrogen (secondary N) is 1. The maximum atomic E-state index is 13.6. The minimum Gasteiger partial charge on any atom is -0.310 e. The van der Waals surface area contributed by atoms with Gasteiger partial charge in [0, 0.05) is 17.7 Å². The third-order valence-corrected chi connectivity index (χ3v) is 4.65. The van der Waals surface area contributed by atoms with Gasteiger partial charge in [-0.25, -0.2) is 14.4 Å². The van der Waals surface area contributed by atoms with E-state index in [0.717, 1.165) is 30.5 Å². The summed E-state index contributed by atoms with van der Waals surface area (Å²) in [5.41, 5.74) is 0.900. The molecule has 1 aromatic carbocycles. The second kappa shape index (κ2) is 6.30. The fourth-order valence-electron chi connectivity index (χ4n) is 3.11. The first kappa shape index (κ1) is 16.6. The van der Waals surface area contributed by atoms with E-state index in [1.165, 1.54) is 12.1 Å². The van der Waals surface area contributed by atoms with Crippen LogP contribution in [0.2, 0.25) is 0 Å². The number of benzene rings is 1. The minimum absolute atomic E-state index is 0.118. The lowest BCUT2D eigenvalue weighted by Crippen LogP contribution is -2.46. The van der Waals surface area contributed by atoms with Crippen LogP contribution in [-0.4, -0.2) is 15.9 Å². The van der Waals surface area contributed by atoms with Gasteiger partial charge in [0.15, 0.2) is 0 Å². The molecule has 3 rings (SSSR count). The molecule has 1 N–H and O–H groups in total.